The van der Waals surface area contributed by atoms with Crippen LogP contribution in [0, 0.1) is 0 Å². The van der Waals surface area contributed by atoms with E-state index in [4.69, 9.17) is 4.98 Å². The van der Waals surface area contributed by atoms with Crippen LogP contribution in [0.25, 0.3) is 33.6 Å². The molecule has 3 nitrogen and oxygen atoms in total. The van der Waals surface area contributed by atoms with Crippen LogP contribution in [0.3, 0.4) is 0 Å². The monoisotopic (exact) mass is 364 g/mol. The number of hydrogen-bond acceptors (Lipinski definition) is 2. The molecule has 4 rings (SSSR count). The summed E-state index contributed by atoms with van der Waals surface area (Å²) < 4.78 is 0. The number of nitrogens with one attached hydrogen (secondary N) is 1. The average Bonchev–Trinajstić information content (AvgIpc) is 2.75. The molecule has 4 aromatic rings. The van der Waals surface area contributed by atoms with E-state index in [0.29, 0.717) is 0 Å². The van der Waals surface area contributed by atoms with E-state index in [1.54, 1.807) is 0 Å². The third-order valence-electron chi connectivity index (χ3n) is 4.50. The zero-order valence-corrected chi connectivity index (χ0v) is 15.6. The van der Waals surface area contributed by atoms with Crippen LogP contribution in [0.2, 0.25) is 0 Å². The topological polar surface area (TPSA) is 42.0 Å². The second kappa shape index (κ2) is 7.89. The van der Waals surface area contributed by atoms with E-state index >= 15 is 0 Å². The number of carbonyl (C=O) groups is 1. The fraction of sp³-hybridized carbons (Fsp3) is 0.0400. The molecule has 0 atom stereocenters. The number of amides is 1. The van der Waals surface area contributed by atoms with Crippen molar-refractivity contribution in [3.05, 3.63) is 97.1 Å². The molecule has 3 heteroatoms. The Balaban J connectivity index is 1.81. The van der Waals surface area contributed by atoms with Gasteiger partial charge in [-0.1, -0.05) is 72.8 Å². The summed E-state index contributed by atoms with van der Waals surface area (Å²) in [5.74, 6) is -0.0746. The van der Waals surface area contributed by atoms with E-state index in [1.807, 2.05) is 60.7 Å². The zero-order valence-electron chi connectivity index (χ0n) is 15.6. The fourth-order valence-corrected chi connectivity index (χ4v) is 3.16. The van der Waals surface area contributed by atoms with Crippen LogP contribution < -0.4 is 5.32 Å². The highest BCUT2D eigenvalue weighted by Gasteiger charge is 2.09. The molecule has 0 aliphatic rings. The summed E-state index contributed by atoms with van der Waals surface area (Å²) in [6.45, 7) is 1.51. The highest BCUT2D eigenvalue weighted by Crippen LogP contribution is 2.30. The lowest BCUT2D eigenvalue weighted by Crippen LogP contribution is -2.05. The minimum Gasteiger partial charge on any atom is -0.326 e. The number of hydrogen-bond donors (Lipinski definition) is 1. The minimum absolute atomic E-state index is 0.0746. The maximum Gasteiger partial charge on any atom is 0.221 e. The maximum absolute atomic E-state index is 11.3. The van der Waals surface area contributed by atoms with Crippen LogP contribution in [-0.2, 0) is 4.79 Å². The molecule has 136 valence electrons. The van der Waals surface area contributed by atoms with Crippen LogP contribution in [0.15, 0.2) is 97.1 Å². The smallest absolute Gasteiger partial charge is 0.221 e. The fourth-order valence-electron chi connectivity index (χ4n) is 3.16. The van der Waals surface area contributed by atoms with Gasteiger partial charge >= 0.3 is 0 Å². The van der Waals surface area contributed by atoms with Gasteiger partial charge in [0.25, 0.3) is 0 Å². The van der Waals surface area contributed by atoms with Gasteiger partial charge in [-0.05, 0) is 35.4 Å². The van der Waals surface area contributed by atoms with Gasteiger partial charge in [0.05, 0.1) is 11.4 Å². The van der Waals surface area contributed by atoms with Gasteiger partial charge in [0.2, 0.25) is 5.91 Å². The SMILES string of the molecule is CC(=O)Nc1ccc(-c2cc(-c3ccccc3)nc(-c3ccccc3)c2)cc1. The van der Waals surface area contributed by atoms with Gasteiger partial charge in [0.1, 0.15) is 0 Å². The lowest BCUT2D eigenvalue weighted by molar-refractivity contribution is -0.114. The molecule has 0 unspecified atom stereocenters. The van der Waals surface area contributed by atoms with Crippen molar-refractivity contribution in [3.8, 4) is 33.6 Å². The van der Waals surface area contributed by atoms with Crippen LogP contribution in [0.1, 0.15) is 6.92 Å². The molecule has 0 fully saturated rings. The number of carbonyl (C=O) groups excluding carboxylic acids is 1. The molecule has 0 aliphatic heterocycles. The normalized spacial score (nSPS) is 10.5. The van der Waals surface area contributed by atoms with Gasteiger partial charge in [-0.2, -0.15) is 0 Å². The van der Waals surface area contributed by atoms with E-state index in [0.717, 1.165) is 39.3 Å². The van der Waals surface area contributed by atoms with Crippen LogP contribution in [0.4, 0.5) is 5.69 Å². The number of rotatable bonds is 4. The molecular formula is C25H20N2O. The van der Waals surface area contributed by atoms with Crippen molar-refractivity contribution in [3.63, 3.8) is 0 Å². The van der Waals surface area contributed by atoms with E-state index in [1.165, 1.54) is 6.92 Å². The first-order valence-electron chi connectivity index (χ1n) is 9.20. The van der Waals surface area contributed by atoms with Crippen molar-refractivity contribution < 1.29 is 4.79 Å². The largest absolute Gasteiger partial charge is 0.326 e. The molecular weight excluding hydrogens is 344 g/mol. The lowest BCUT2D eigenvalue weighted by Gasteiger charge is -2.11. The molecule has 0 saturated carbocycles. The summed E-state index contributed by atoms with van der Waals surface area (Å²) in [4.78, 5) is 16.2. The molecule has 1 heterocycles. The predicted octanol–water partition coefficient (Wildman–Crippen LogP) is 6.04. The Morgan fingerprint density at radius 3 is 1.61 bits per heavy atom. The van der Waals surface area contributed by atoms with E-state index in [9.17, 15) is 4.79 Å². The summed E-state index contributed by atoms with van der Waals surface area (Å²) in [6.07, 6.45) is 0. The number of pyridine rings is 1. The van der Waals surface area contributed by atoms with Gasteiger partial charge in [0.15, 0.2) is 0 Å². The van der Waals surface area contributed by atoms with E-state index in [2.05, 4.69) is 41.7 Å². The molecule has 1 N–H and O–H groups in total. The Hall–Kier alpha value is -3.72. The number of benzene rings is 3. The molecule has 0 aliphatic carbocycles. The third-order valence-corrected chi connectivity index (χ3v) is 4.50. The molecule has 0 saturated heterocycles. The van der Waals surface area contributed by atoms with Gasteiger partial charge in [0, 0.05) is 23.7 Å². The first-order chi connectivity index (χ1) is 13.7. The summed E-state index contributed by atoms with van der Waals surface area (Å²) in [6, 6.07) is 32.5. The molecule has 1 amide bonds. The van der Waals surface area contributed by atoms with Crippen LogP contribution in [-0.4, -0.2) is 10.9 Å². The predicted molar refractivity (Wildman–Crippen MR) is 115 cm³/mol. The van der Waals surface area contributed by atoms with Crippen molar-refractivity contribution in [2.75, 3.05) is 5.32 Å². The summed E-state index contributed by atoms with van der Waals surface area (Å²) in [5, 5.41) is 2.81. The van der Waals surface area contributed by atoms with E-state index in [-0.39, 0.29) is 5.91 Å². The van der Waals surface area contributed by atoms with Gasteiger partial charge < -0.3 is 5.32 Å². The maximum atomic E-state index is 11.3. The zero-order chi connectivity index (χ0) is 19.3. The molecule has 28 heavy (non-hydrogen) atoms. The minimum atomic E-state index is -0.0746. The molecule has 3 aromatic carbocycles. The molecule has 1 aromatic heterocycles. The summed E-state index contributed by atoms with van der Waals surface area (Å²) in [5.41, 5.74) is 6.98. The van der Waals surface area contributed by atoms with Gasteiger partial charge in [-0.3, -0.25) is 4.79 Å². The van der Waals surface area contributed by atoms with Gasteiger partial charge in [-0.15, -0.1) is 0 Å². The Kier molecular flexibility index (Phi) is 4.98. The third kappa shape index (κ3) is 3.99. The van der Waals surface area contributed by atoms with Crippen molar-refractivity contribution in [1.29, 1.82) is 0 Å². The van der Waals surface area contributed by atoms with Crippen molar-refractivity contribution in [1.82, 2.24) is 4.98 Å². The Morgan fingerprint density at radius 2 is 1.14 bits per heavy atom. The lowest BCUT2D eigenvalue weighted by atomic mass is 10.00. The first-order valence-corrected chi connectivity index (χ1v) is 9.20. The quantitative estimate of drug-likeness (QED) is 0.479. The Morgan fingerprint density at radius 1 is 0.643 bits per heavy atom. The van der Waals surface area contributed by atoms with Crippen molar-refractivity contribution in [2.45, 2.75) is 6.92 Å². The number of anilines is 1. The van der Waals surface area contributed by atoms with E-state index < -0.39 is 0 Å². The number of nitrogens with zero attached hydrogens (tertiary/aromatic N) is 1. The molecule has 0 radical (unpaired) electrons. The average molecular weight is 364 g/mol. The van der Waals surface area contributed by atoms with Crippen LogP contribution in [0.5, 0.6) is 0 Å². The Bertz CT molecular complexity index is 1030. The van der Waals surface area contributed by atoms with Crippen molar-refractivity contribution in [2.24, 2.45) is 0 Å². The molecule has 0 spiro atoms. The van der Waals surface area contributed by atoms with Gasteiger partial charge in [-0.25, -0.2) is 4.98 Å². The van der Waals surface area contributed by atoms with Crippen LogP contribution >= 0.6 is 0 Å². The second-order valence-electron chi connectivity index (χ2n) is 6.62. The molecule has 0 bridgehead atoms. The summed E-state index contributed by atoms with van der Waals surface area (Å²) in [7, 11) is 0. The Labute approximate surface area is 164 Å². The highest BCUT2D eigenvalue weighted by molar-refractivity contribution is 5.89. The first kappa shape index (κ1) is 17.7. The number of aromatic nitrogens is 1. The summed E-state index contributed by atoms with van der Waals surface area (Å²) >= 11 is 0. The standard InChI is InChI=1S/C25H20N2O/c1-18(28)26-23-14-12-19(13-15-23)22-16-24(20-8-4-2-5-9-20)27-25(17-22)21-10-6-3-7-11-21/h2-17H,1H3,(H,26,28). The second-order valence-corrected chi connectivity index (χ2v) is 6.62. The highest BCUT2D eigenvalue weighted by atomic mass is 16.1. The van der Waals surface area contributed by atoms with Crippen molar-refractivity contribution >= 4 is 11.6 Å².